The van der Waals surface area contributed by atoms with Gasteiger partial charge in [0, 0.05) is 5.69 Å². The standard InChI is InChI=1S/C13H16ClFN2O2/c1-13(7-18,8-2-3-8)17-12(19)16-9-4-5-10(14)11(15)6-9/h4-6,8,18H,2-3,7H2,1H3,(H2,16,17,19). The first-order chi connectivity index (χ1) is 8.94. The fourth-order valence-corrected chi connectivity index (χ4v) is 2.10. The minimum Gasteiger partial charge on any atom is -0.394 e. The lowest BCUT2D eigenvalue weighted by Gasteiger charge is -2.28. The van der Waals surface area contributed by atoms with Crippen molar-refractivity contribution >= 4 is 23.3 Å². The fraction of sp³-hybridized carbons (Fsp3) is 0.462. The molecular weight excluding hydrogens is 271 g/mol. The van der Waals surface area contributed by atoms with E-state index < -0.39 is 17.4 Å². The summed E-state index contributed by atoms with van der Waals surface area (Å²) < 4.78 is 13.2. The van der Waals surface area contributed by atoms with E-state index in [1.165, 1.54) is 12.1 Å². The Bertz CT molecular complexity index is 494. The highest BCUT2D eigenvalue weighted by molar-refractivity contribution is 6.30. The second-order valence-electron chi connectivity index (χ2n) is 5.06. The molecule has 6 heteroatoms. The predicted octanol–water partition coefficient (Wildman–Crippen LogP) is 2.76. The zero-order chi connectivity index (χ0) is 14.0. The van der Waals surface area contributed by atoms with Gasteiger partial charge in [-0.3, -0.25) is 0 Å². The van der Waals surface area contributed by atoms with Gasteiger partial charge in [0.2, 0.25) is 0 Å². The molecule has 0 radical (unpaired) electrons. The van der Waals surface area contributed by atoms with E-state index in [0.29, 0.717) is 11.6 Å². The third-order valence-corrected chi connectivity index (χ3v) is 3.69. The lowest BCUT2D eigenvalue weighted by molar-refractivity contribution is 0.159. The fourth-order valence-electron chi connectivity index (χ4n) is 1.99. The van der Waals surface area contributed by atoms with Gasteiger partial charge in [-0.25, -0.2) is 9.18 Å². The number of halogens is 2. The summed E-state index contributed by atoms with van der Waals surface area (Å²) in [6.07, 6.45) is 1.99. The van der Waals surface area contributed by atoms with Crippen molar-refractivity contribution in [1.82, 2.24) is 5.32 Å². The number of nitrogens with one attached hydrogen (secondary N) is 2. The summed E-state index contributed by atoms with van der Waals surface area (Å²) in [6, 6.07) is 3.57. The van der Waals surface area contributed by atoms with Gasteiger partial charge in [-0.1, -0.05) is 11.6 Å². The van der Waals surface area contributed by atoms with Crippen molar-refractivity contribution < 1.29 is 14.3 Å². The highest BCUT2D eigenvalue weighted by Crippen LogP contribution is 2.39. The van der Waals surface area contributed by atoms with Crippen molar-refractivity contribution in [3.8, 4) is 0 Å². The molecule has 1 atom stereocenters. The molecule has 0 heterocycles. The molecule has 1 aliphatic carbocycles. The molecule has 0 spiro atoms. The molecule has 19 heavy (non-hydrogen) atoms. The van der Waals surface area contributed by atoms with Gasteiger partial charge in [0.25, 0.3) is 0 Å². The smallest absolute Gasteiger partial charge is 0.319 e. The summed E-state index contributed by atoms with van der Waals surface area (Å²) in [4.78, 5) is 11.8. The summed E-state index contributed by atoms with van der Waals surface area (Å²) in [5, 5.41) is 14.6. The number of hydrogen-bond donors (Lipinski definition) is 3. The molecule has 1 aliphatic rings. The first-order valence-corrected chi connectivity index (χ1v) is 6.47. The van der Waals surface area contributed by atoms with Gasteiger partial charge < -0.3 is 15.7 Å². The van der Waals surface area contributed by atoms with Crippen molar-refractivity contribution in [3.63, 3.8) is 0 Å². The Morgan fingerprint density at radius 2 is 2.26 bits per heavy atom. The Kier molecular flexibility index (Phi) is 3.96. The molecule has 1 aromatic carbocycles. The number of anilines is 1. The summed E-state index contributed by atoms with van der Waals surface area (Å²) in [7, 11) is 0. The van der Waals surface area contributed by atoms with E-state index in [2.05, 4.69) is 10.6 Å². The summed E-state index contributed by atoms with van der Waals surface area (Å²) >= 11 is 5.56. The van der Waals surface area contributed by atoms with Crippen molar-refractivity contribution in [2.75, 3.05) is 11.9 Å². The number of urea groups is 1. The summed E-state index contributed by atoms with van der Waals surface area (Å²) in [6.45, 7) is 1.67. The van der Waals surface area contributed by atoms with E-state index in [1.807, 2.05) is 0 Å². The first-order valence-electron chi connectivity index (χ1n) is 6.10. The van der Waals surface area contributed by atoms with Crippen LogP contribution in [0.2, 0.25) is 5.02 Å². The predicted molar refractivity (Wildman–Crippen MR) is 71.8 cm³/mol. The number of hydrogen-bond acceptors (Lipinski definition) is 2. The maximum Gasteiger partial charge on any atom is 0.319 e. The van der Waals surface area contributed by atoms with Crippen molar-refractivity contribution in [2.45, 2.75) is 25.3 Å². The normalized spacial score (nSPS) is 17.7. The highest BCUT2D eigenvalue weighted by atomic mass is 35.5. The Labute approximate surface area is 116 Å². The Morgan fingerprint density at radius 1 is 1.58 bits per heavy atom. The van der Waals surface area contributed by atoms with E-state index in [1.54, 1.807) is 6.92 Å². The largest absolute Gasteiger partial charge is 0.394 e. The molecule has 2 rings (SSSR count). The van der Waals surface area contributed by atoms with Crippen LogP contribution in [-0.2, 0) is 0 Å². The summed E-state index contributed by atoms with van der Waals surface area (Å²) in [5.41, 5.74) is -0.315. The second-order valence-corrected chi connectivity index (χ2v) is 5.47. The van der Waals surface area contributed by atoms with Crippen LogP contribution in [0.3, 0.4) is 0 Å². The molecule has 3 N–H and O–H groups in total. The lowest BCUT2D eigenvalue weighted by Crippen LogP contribution is -2.52. The molecule has 1 saturated carbocycles. The number of aliphatic hydroxyl groups is 1. The minimum atomic E-state index is -0.630. The van der Waals surface area contributed by atoms with Crippen molar-refractivity contribution in [1.29, 1.82) is 0 Å². The van der Waals surface area contributed by atoms with Crippen LogP contribution < -0.4 is 10.6 Å². The molecule has 0 saturated heterocycles. The van der Waals surface area contributed by atoms with E-state index in [4.69, 9.17) is 11.6 Å². The third kappa shape index (κ3) is 3.36. The van der Waals surface area contributed by atoms with Crippen LogP contribution in [0.4, 0.5) is 14.9 Å². The first kappa shape index (κ1) is 14.1. The molecule has 4 nitrogen and oxygen atoms in total. The van der Waals surface area contributed by atoms with Crippen molar-refractivity contribution in [3.05, 3.63) is 29.0 Å². The van der Waals surface area contributed by atoms with Gasteiger partial charge in [-0.15, -0.1) is 0 Å². The number of amides is 2. The Morgan fingerprint density at radius 3 is 2.79 bits per heavy atom. The van der Waals surface area contributed by atoms with Crippen LogP contribution in [0, 0.1) is 11.7 Å². The van der Waals surface area contributed by atoms with Crippen LogP contribution >= 0.6 is 11.6 Å². The van der Waals surface area contributed by atoms with Crippen LogP contribution in [-0.4, -0.2) is 23.3 Å². The quantitative estimate of drug-likeness (QED) is 0.797. The van der Waals surface area contributed by atoms with Crippen LogP contribution in [0.15, 0.2) is 18.2 Å². The van der Waals surface area contributed by atoms with E-state index in [-0.39, 0.29) is 11.6 Å². The highest BCUT2D eigenvalue weighted by Gasteiger charge is 2.42. The lowest BCUT2D eigenvalue weighted by atomic mass is 9.97. The van der Waals surface area contributed by atoms with E-state index >= 15 is 0 Å². The maximum absolute atomic E-state index is 13.2. The Hall–Kier alpha value is -1.33. The zero-order valence-electron chi connectivity index (χ0n) is 10.5. The number of carbonyl (C=O) groups excluding carboxylic acids is 1. The van der Waals surface area contributed by atoms with Crippen LogP contribution in [0.25, 0.3) is 0 Å². The molecule has 0 aromatic heterocycles. The van der Waals surface area contributed by atoms with Gasteiger partial charge in [-0.2, -0.15) is 0 Å². The molecule has 1 unspecified atom stereocenters. The van der Waals surface area contributed by atoms with Gasteiger partial charge in [0.1, 0.15) is 5.82 Å². The Balaban J connectivity index is 1.98. The second kappa shape index (κ2) is 5.35. The molecule has 0 aliphatic heterocycles. The molecule has 2 amide bonds. The average Bonchev–Trinajstić information content (AvgIpc) is 3.18. The van der Waals surface area contributed by atoms with Gasteiger partial charge in [0.15, 0.2) is 0 Å². The van der Waals surface area contributed by atoms with Gasteiger partial charge in [0.05, 0.1) is 17.2 Å². The third-order valence-electron chi connectivity index (χ3n) is 3.38. The van der Waals surface area contributed by atoms with Crippen LogP contribution in [0.1, 0.15) is 19.8 Å². The number of aliphatic hydroxyl groups excluding tert-OH is 1. The number of benzene rings is 1. The van der Waals surface area contributed by atoms with Gasteiger partial charge in [-0.05, 0) is 43.9 Å². The molecular formula is C13H16ClFN2O2. The zero-order valence-corrected chi connectivity index (χ0v) is 11.3. The van der Waals surface area contributed by atoms with Gasteiger partial charge >= 0.3 is 6.03 Å². The SMILES string of the molecule is CC(CO)(NC(=O)Nc1ccc(Cl)c(F)c1)C1CC1. The number of carbonyl (C=O) groups is 1. The van der Waals surface area contributed by atoms with Crippen LogP contribution in [0.5, 0.6) is 0 Å². The monoisotopic (exact) mass is 286 g/mol. The molecule has 1 aromatic rings. The summed E-state index contributed by atoms with van der Waals surface area (Å²) in [5.74, 6) is -0.295. The minimum absolute atomic E-state index is 0.00383. The molecule has 104 valence electrons. The topological polar surface area (TPSA) is 61.4 Å². The van der Waals surface area contributed by atoms with Crippen molar-refractivity contribution in [2.24, 2.45) is 5.92 Å². The van der Waals surface area contributed by atoms with E-state index in [9.17, 15) is 14.3 Å². The average molecular weight is 287 g/mol. The maximum atomic E-state index is 13.2. The number of rotatable bonds is 4. The van der Waals surface area contributed by atoms with E-state index in [0.717, 1.165) is 18.9 Å². The molecule has 0 bridgehead atoms. The molecule has 1 fully saturated rings.